The van der Waals surface area contributed by atoms with Gasteiger partial charge < -0.3 is 20.3 Å². The van der Waals surface area contributed by atoms with Crippen molar-refractivity contribution in [3.05, 3.63) is 0 Å². The molecule has 2 aliphatic heterocycles. The van der Waals surface area contributed by atoms with Crippen LogP contribution in [0.1, 0.15) is 58.3 Å². The summed E-state index contributed by atoms with van der Waals surface area (Å²) in [6.45, 7) is 9.67. The lowest BCUT2D eigenvalue weighted by Crippen LogP contribution is -2.57. The molecule has 0 atom stereocenters. The van der Waals surface area contributed by atoms with Gasteiger partial charge >= 0.3 is 0 Å². The second-order valence-corrected chi connectivity index (χ2v) is 8.86. The van der Waals surface area contributed by atoms with Crippen molar-refractivity contribution in [1.82, 2.24) is 20.4 Å². The zero-order chi connectivity index (χ0) is 20.5. The number of likely N-dealkylation sites (tertiary alicyclic amines) is 1. The number of amides is 1. The number of rotatable bonds is 6. The summed E-state index contributed by atoms with van der Waals surface area (Å²) in [6, 6.07) is 0. The molecule has 2 heterocycles. The summed E-state index contributed by atoms with van der Waals surface area (Å²) in [5.74, 6) is 1.71. The first-order valence-corrected chi connectivity index (χ1v) is 11.7. The number of nitrogens with zero attached hydrogens (tertiary/aromatic N) is 3. The van der Waals surface area contributed by atoms with Gasteiger partial charge in [-0.2, -0.15) is 0 Å². The maximum Gasteiger partial charge on any atom is 0.220 e. The Morgan fingerprint density at radius 2 is 1.77 bits per heavy atom. The molecule has 0 aromatic carbocycles. The second-order valence-electron chi connectivity index (χ2n) is 8.86. The van der Waals surface area contributed by atoms with Gasteiger partial charge in [0, 0.05) is 51.7 Å². The van der Waals surface area contributed by atoms with E-state index in [4.69, 9.17) is 9.73 Å². The molecule has 0 spiro atoms. The molecule has 0 bridgehead atoms. The first-order chi connectivity index (χ1) is 14.2. The van der Waals surface area contributed by atoms with E-state index >= 15 is 0 Å². The number of nitrogens with one attached hydrogen (secondary N) is 2. The maximum absolute atomic E-state index is 11.7. The number of ether oxygens (including phenoxy) is 1. The van der Waals surface area contributed by atoms with Crippen molar-refractivity contribution in [2.24, 2.45) is 10.9 Å². The zero-order valence-corrected chi connectivity index (χ0v) is 21.3. The molecule has 0 unspecified atom stereocenters. The van der Waals surface area contributed by atoms with Crippen LogP contribution in [0.25, 0.3) is 0 Å². The van der Waals surface area contributed by atoms with Crippen LogP contribution in [0, 0.1) is 5.92 Å². The molecule has 8 heteroatoms. The highest BCUT2D eigenvalue weighted by Crippen LogP contribution is 2.34. The van der Waals surface area contributed by atoms with Gasteiger partial charge in [0.2, 0.25) is 5.91 Å². The smallest absolute Gasteiger partial charge is 0.220 e. The molecule has 1 saturated carbocycles. The van der Waals surface area contributed by atoms with Crippen LogP contribution in [0.2, 0.25) is 0 Å². The van der Waals surface area contributed by atoms with E-state index in [1.165, 1.54) is 32.1 Å². The number of hydrogen-bond donors (Lipinski definition) is 2. The molecular weight excluding hydrogens is 493 g/mol. The molecule has 3 aliphatic rings. The van der Waals surface area contributed by atoms with Gasteiger partial charge in [0.25, 0.3) is 0 Å². The predicted molar refractivity (Wildman–Crippen MR) is 133 cm³/mol. The molecule has 0 aromatic heterocycles. The lowest BCUT2D eigenvalue weighted by Gasteiger charge is -2.47. The highest BCUT2D eigenvalue weighted by atomic mass is 127. The average Bonchev–Trinajstić information content (AvgIpc) is 2.78. The fourth-order valence-electron chi connectivity index (χ4n) is 5.18. The van der Waals surface area contributed by atoms with Crippen LogP contribution >= 0.6 is 24.0 Å². The minimum absolute atomic E-state index is 0. The standard InChI is InChI=1S/C22H41N5O2.HI/c1-3-24-21(26-11-7-19(8-12-26)17-20(28)23-2)25-18-22(9-5-4-6-10-22)27-13-15-29-16-14-27;/h19H,3-18H2,1-2H3,(H,23,28)(H,24,25);1H. The van der Waals surface area contributed by atoms with Crippen LogP contribution in [0.4, 0.5) is 0 Å². The number of morpholine rings is 1. The van der Waals surface area contributed by atoms with Crippen LogP contribution in [-0.4, -0.2) is 86.7 Å². The van der Waals surface area contributed by atoms with E-state index in [9.17, 15) is 4.79 Å². The molecule has 0 radical (unpaired) electrons. The molecule has 2 N–H and O–H groups in total. The molecule has 30 heavy (non-hydrogen) atoms. The quantitative estimate of drug-likeness (QED) is 0.311. The summed E-state index contributed by atoms with van der Waals surface area (Å²) >= 11 is 0. The van der Waals surface area contributed by atoms with Gasteiger partial charge in [-0.1, -0.05) is 19.3 Å². The largest absolute Gasteiger partial charge is 0.379 e. The minimum Gasteiger partial charge on any atom is -0.379 e. The van der Waals surface area contributed by atoms with Crippen LogP contribution in [0.15, 0.2) is 4.99 Å². The van der Waals surface area contributed by atoms with E-state index in [-0.39, 0.29) is 35.4 Å². The molecule has 3 fully saturated rings. The number of hydrogen-bond acceptors (Lipinski definition) is 4. The first kappa shape index (κ1) is 25.6. The van der Waals surface area contributed by atoms with Gasteiger partial charge in [-0.3, -0.25) is 14.7 Å². The third kappa shape index (κ3) is 6.95. The number of carbonyl (C=O) groups is 1. The summed E-state index contributed by atoms with van der Waals surface area (Å²) in [6.07, 6.45) is 9.27. The first-order valence-electron chi connectivity index (χ1n) is 11.7. The van der Waals surface area contributed by atoms with Crippen molar-refractivity contribution in [3.63, 3.8) is 0 Å². The Balaban J connectivity index is 0.00000320. The van der Waals surface area contributed by atoms with Crippen LogP contribution < -0.4 is 10.6 Å². The third-order valence-electron chi connectivity index (χ3n) is 6.99. The molecule has 174 valence electrons. The second kappa shape index (κ2) is 13.1. The Bertz CT molecular complexity index is 540. The minimum atomic E-state index is 0. The lowest BCUT2D eigenvalue weighted by molar-refractivity contribution is -0.121. The monoisotopic (exact) mass is 535 g/mol. The van der Waals surface area contributed by atoms with Gasteiger partial charge in [0.05, 0.1) is 19.8 Å². The molecule has 7 nitrogen and oxygen atoms in total. The normalized spacial score (nSPS) is 23.5. The van der Waals surface area contributed by atoms with Gasteiger partial charge in [0.1, 0.15) is 0 Å². The lowest BCUT2D eigenvalue weighted by atomic mass is 9.80. The zero-order valence-electron chi connectivity index (χ0n) is 19.0. The van der Waals surface area contributed by atoms with E-state index in [2.05, 4.69) is 27.4 Å². The summed E-state index contributed by atoms with van der Waals surface area (Å²) in [7, 11) is 1.73. The SMILES string of the molecule is CCNC(=NCC1(N2CCOCC2)CCCCC1)N1CCC(CC(=O)NC)CC1.I. The van der Waals surface area contributed by atoms with E-state index < -0.39 is 0 Å². The van der Waals surface area contributed by atoms with E-state index in [0.29, 0.717) is 12.3 Å². The van der Waals surface area contributed by atoms with E-state index in [1.807, 2.05) is 0 Å². The average molecular weight is 536 g/mol. The summed E-state index contributed by atoms with van der Waals surface area (Å²) < 4.78 is 5.61. The predicted octanol–water partition coefficient (Wildman–Crippen LogP) is 2.45. The van der Waals surface area contributed by atoms with Gasteiger partial charge in [-0.25, -0.2) is 0 Å². The maximum atomic E-state index is 11.7. The number of halogens is 1. The fourth-order valence-corrected chi connectivity index (χ4v) is 5.18. The number of carbonyl (C=O) groups excluding carboxylic acids is 1. The van der Waals surface area contributed by atoms with E-state index in [0.717, 1.165) is 71.3 Å². The van der Waals surface area contributed by atoms with Crippen molar-refractivity contribution in [3.8, 4) is 0 Å². The Morgan fingerprint density at radius 3 is 2.37 bits per heavy atom. The summed E-state index contributed by atoms with van der Waals surface area (Å²) in [5.41, 5.74) is 0.209. The van der Waals surface area contributed by atoms with Crippen LogP contribution in [0.5, 0.6) is 0 Å². The number of piperidine rings is 1. The fraction of sp³-hybridized carbons (Fsp3) is 0.909. The highest BCUT2D eigenvalue weighted by molar-refractivity contribution is 14.0. The third-order valence-corrected chi connectivity index (χ3v) is 6.99. The van der Waals surface area contributed by atoms with Crippen LogP contribution in [-0.2, 0) is 9.53 Å². The molecule has 0 aromatic rings. The Labute approximate surface area is 199 Å². The Hall–Kier alpha value is -0.610. The summed E-state index contributed by atoms with van der Waals surface area (Å²) in [4.78, 5) is 21.9. The van der Waals surface area contributed by atoms with Crippen molar-refractivity contribution in [2.45, 2.75) is 63.8 Å². The van der Waals surface area contributed by atoms with Gasteiger partial charge in [0.15, 0.2) is 5.96 Å². The molecular formula is C22H42IN5O2. The van der Waals surface area contributed by atoms with E-state index in [1.54, 1.807) is 7.05 Å². The molecule has 1 aliphatic carbocycles. The molecule has 1 amide bonds. The Morgan fingerprint density at radius 1 is 1.10 bits per heavy atom. The Kier molecular flexibility index (Phi) is 11.2. The summed E-state index contributed by atoms with van der Waals surface area (Å²) in [5, 5.41) is 6.29. The van der Waals surface area contributed by atoms with Crippen molar-refractivity contribution >= 4 is 35.8 Å². The van der Waals surface area contributed by atoms with Crippen molar-refractivity contribution in [2.75, 3.05) is 59.5 Å². The highest BCUT2D eigenvalue weighted by Gasteiger charge is 2.38. The van der Waals surface area contributed by atoms with Crippen molar-refractivity contribution in [1.29, 1.82) is 0 Å². The van der Waals surface area contributed by atoms with Crippen molar-refractivity contribution < 1.29 is 9.53 Å². The molecule has 3 rings (SSSR count). The number of guanidine groups is 1. The van der Waals surface area contributed by atoms with Gasteiger partial charge in [-0.05, 0) is 38.5 Å². The number of aliphatic imine (C=N–C) groups is 1. The van der Waals surface area contributed by atoms with Crippen LogP contribution in [0.3, 0.4) is 0 Å². The topological polar surface area (TPSA) is 69.2 Å². The van der Waals surface area contributed by atoms with Gasteiger partial charge in [-0.15, -0.1) is 24.0 Å². The molecule has 2 saturated heterocycles.